The predicted molar refractivity (Wildman–Crippen MR) is 90.2 cm³/mol. The lowest BCUT2D eigenvalue weighted by Crippen LogP contribution is -2.44. The minimum Gasteiger partial charge on any atom is -0.363 e. The minimum atomic E-state index is 0.0456. The number of anilines is 1. The summed E-state index contributed by atoms with van der Waals surface area (Å²) in [5.74, 6) is 0. The van der Waals surface area contributed by atoms with Crippen LogP contribution in [-0.4, -0.2) is 33.2 Å². The fourth-order valence-corrected chi connectivity index (χ4v) is 3.15. The number of hydrogen-bond donors (Lipinski definition) is 0. The van der Waals surface area contributed by atoms with Gasteiger partial charge in [0.2, 0.25) is 0 Å². The molecule has 1 aromatic carbocycles. The van der Waals surface area contributed by atoms with Crippen molar-refractivity contribution in [1.29, 1.82) is 0 Å². The van der Waals surface area contributed by atoms with E-state index in [-0.39, 0.29) is 5.54 Å². The average molecular weight is 295 g/mol. The number of hydrogen-bond acceptors (Lipinski definition) is 4. The van der Waals surface area contributed by atoms with E-state index in [1.807, 2.05) is 6.21 Å². The highest BCUT2D eigenvalue weighted by Gasteiger charge is 2.29. The maximum atomic E-state index is 4.31. The van der Waals surface area contributed by atoms with Crippen molar-refractivity contribution in [3.8, 4) is 0 Å². The van der Waals surface area contributed by atoms with E-state index in [2.05, 4.69) is 72.2 Å². The second-order valence-electron chi connectivity index (χ2n) is 6.09. The van der Waals surface area contributed by atoms with Gasteiger partial charge in [-0.05, 0) is 51.0 Å². The lowest BCUT2D eigenvalue weighted by molar-refractivity contribution is 0.566. The Labute approximate surface area is 131 Å². The van der Waals surface area contributed by atoms with Gasteiger partial charge in [-0.25, -0.2) is 4.68 Å². The van der Waals surface area contributed by atoms with E-state index < -0.39 is 0 Å². The van der Waals surface area contributed by atoms with E-state index in [4.69, 9.17) is 0 Å². The summed E-state index contributed by atoms with van der Waals surface area (Å²) in [6.45, 7) is 9.86. The van der Waals surface area contributed by atoms with E-state index in [9.17, 15) is 0 Å². The van der Waals surface area contributed by atoms with Gasteiger partial charge in [0.15, 0.2) is 0 Å². The van der Waals surface area contributed by atoms with Crippen molar-refractivity contribution < 1.29 is 0 Å². The van der Waals surface area contributed by atoms with Crippen LogP contribution in [0.4, 0.5) is 5.69 Å². The van der Waals surface area contributed by atoms with Crippen molar-refractivity contribution >= 4 is 17.5 Å². The van der Waals surface area contributed by atoms with Crippen LogP contribution in [-0.2, 0) is 0 Å². The van der Waals surface area contributed by atoms with Gasteiger partial charge < -0.3 is 4.90 Å². The Bertz CT molecular complexity index is 726. The maximum Gasteiger partial charge on any atom is 0.141 e. The monoisotopic (exact) mass is 295 g/mol. The Morgan fingerprint density at radius 2 is 1.95 bits per heavy atom. The number of rotatable bonds is 3. The van der Waals surface area contributed by atoms with Crippen LogP contribution in [0.1, 0.15) is 38.8 Å². The van der Waals surface area contributed by atoms with Gasteiger partial charge >= 0.3 is 0 Å². The van der Waals surface area contributed by atoms with E-state index in [1.165, 1.54) is 16.8 Å². The molecule has 22 heavy (non-hydrogen) atoms. The summed E-state index contributed by atoms with van der Waals surface area (Å²) in [5, 5.41) is 11.8. The van der Waals surface area contributed by atoms with E-state index >= 15 is 0 Å². The number of allylic oxidation sites excluding steroid dienone is 1. The Morgan fingerprint density at radius 3 is 2.64 bits per heavy atom. The molecule has 0 unspecified atom stereocenters. The zero-order valence-electron chi connectivity index (χ0n) is 13.5. The molecule has 0 saturated heterocycles. The molecule has 0 atom stereocenters. The third kappa shape index (κ3) is 2.54. The van der Waals surface area contributed by atoms with Crippen LogP contribution in [0, 0.1) is 0 Å². The smallest absolute Gasteiger partial charge is 0.141 e. The van der Waals surface area contributed by atoms with Crippen molar-refractivity contribution in [2.45, 2.75) is 33.2 Å². The molecular weight excluding hydrogens is 274 g/mol. The van der Waals surface area contributed by atoms with Crippen molar-refractivity contribution in [1.82, 2.24) is 14.9 Å². The number of nitrogens with zero attached hydrogens (tertiary/aromatic N) is 5. The molecule has 3 rings (SSSR count). The summed E-state index contributed by atoms with van der Waals surface area (Å²) in [7, 11) is 0. The first-order valence-corrected chi connectivity index (χ1v) is 7.52. The molecule has 1 aliphatic heterocycles. The summed E-state index contributed by atoms with van der Waals surface area (Å²) < 4.78 is 1.59. The standard InChI is InChI=1S/C17H21N5/c1-5-22-16-7-6-14(10-20-21-11-18-19-12-21)8-15(16)13(2)9-17(22,3)4/h6-12H,5H2,1-4H3/b20-10+. The molecule has 5 heteroatoms. The van der Waals surface area contributed by atoms with Crippen LogP contribution in [0.3, 0.4) is 0 Å². The number of fused-ring (bicyclic) bond motifs is 1. The van der Waals surface area contributed by atoms with Gasteiger partial charge in [0.1, 0.15) is 12.7 Å². The van der Waals surface area contributed by atoms with Crippen molar-refractivity contribution in [3.05, 3.63) is 48.1 Å². The summed E-state index contributed by atoms with van der Waals surface area (Å²) in [5.41, 5.74) is 4.98. The first-order chi connectivity index (χ1) is 10.5. The third-order valence-corrected chi connectivity index (χ3v) is 4.06. The first kappa shape index (κ1) is 14.5. The zero-order chi connectivity index (χ0) is 15.7. The Kier molecular flexibility index (Phi) is 3.56. The molecule has 0 spiro atoms. The van der Waals surface area contributed by atoms with Crippen LogP contribution in [0.25, 0.3) is 5.57 Å². The topological polar surface area (TPSA) is 46.3 Å². The van der Waals surface area contributed by atoms with Gasteiger partial charge in [0, 0.05) is 17.8 Å². The quantitative estimate of drug-likeness (QED) is 0.817. The van der Waals surface area contributed by atoms with Crippen LogP contribution in [0.5, 0.6) is 0 Å². The van der Waals surface area contributed by atoms with Crippen LogP contribution in [0.15, 0.2) is 42.0 Å². The fourth-order valence-electron chi connectivity index (χ4n) is 3.15. The van der Waals surface area contributed by atoms with E-state index in [0.717, 1.165) is 12.1 Å². The highest BCUT2D eigenvalue weighted by atomic mass is 15.4. The van der Waals surface area contributed by atoms with Gasteiger partial charge in [-0.3, -0.25) is 0 Å². The summed E-state index contributed by atoms with van der Waals surface area (Å²) in [4.78, 5) is 2.43. The first-order valence-electron chi connectivity index (χ1n) is 7.52. The fraction of sp³-hybridized carbons (Fsp3) is 0.353. The lowest BCUT2D eigenvalue weighted by Gasteiger charge is -2.42. The molecule has 0 bridgehead atoms. The van der Waals surface area contributed by atoms with Gasteiger partial charge in [-0.2, -0.15) is 5.10 Å². The number of aromatic nitrogens is 3. The second-order valence-corrected chi connectivity index (χ2v) is 6.09. The molecule has 0 aliphatic carbocycles. The third-order valence-electron chi connectivity index (χ3n) is 4.06. The summed E-state index contributed by atoms with van der Waals surface area (Å²) in [6, 6.07) is 6.47. The normalized spacial score (nSPS) is 16.7. The number of benzene rings is 1. The molecule has 2 aromatic rings. The molecular formula is C17H21N5. The zero-order valence-corrected chi connectivity index (χ0v) is 13.5. The van der Waals surface area contributed by atoms with Gasteiger partial charge in [-0.1, -0.05) is 12.1 Å². The molecule has 0 N–H and O–H groups in total. The van der Waals surface area contributed by atoms with Crippen molar-refractivity contribution in [3.63, 3.8) is 0 Å². The number of likely N-dealkylation sites (N-methyl/N-ethyl adjacent to an activating group) is 1. The van der Waals surface area contributed by atoms with E-state index in [1.54, 1.807) is 17.3 Å². The molecule has 0 fully saturated rings. The maximum absolute atomic E-state index is 4.31. The Balaban J connectivity index is 1.98. The molecule has 0 amide bonds. The molecule has 5 nitrogen and oxygen atoms in total. The molecule has 114 valence electrons. The lowest BCUT2D eigenvalue weighted by atomic mass is 9.88. The van der Waals surface area contributed by atoms with Crippen molar-refractivity contribution in [2.24, 2.45) is 5.10 Å². The summed E-state index contributed by atoms with van der Waals surface area (Å²) >= 11 is 0. The second kappa shape index (κ2) is 5.40. The molecule has 1 aliphatic rings. The summed E-state index contributed by atoms with van der Waals surface area (Å²) in [6.07, 6.45) is 7.30. The SMILES string of the molecule is CCN1c2ccc(/C=N/n3cnnc3)cc2C(C)=CC1(C)C. The minimum absolute atomic E-state index is 0.0456. The predicted octanol–water partition coefficient (Wildman–Crippen LogP) is 3.18. The Hall–Kier alpha value is -2.43. The van der Waals surface area contributed by atoms with Crippen LogP contribution >= 0.6 is 0 Å². The molecule has 0 radical (unpaired) electrons. The Morgan fingerprint density at radius 1 is 1.23 bits per heavy atom. The molecule has 0 saturated carbocycles. The largest absolute Gasteiger partial charge is 0.363 e. The van der Waals surface area contributed by atoms with Gasteiger partial charge in [0.05, 0.1) is 11.8 Å². The average Bonchev–Trinajstić information content (AvgIpc) is 2.98. The molecule has 2 heterocycles. The molecule has 1 aromatic heterocycles. The highest BCUT2D eigenvalue weighted by molar-refractivity contribution is 5.87. The highest BCUT2D eigenvalue weighted by Crippen LogP contribution is 2.38. The van der Waals surface area contributed by atoms with Crippen molar-refractivity contribution in [2.75, 3.05) is 11.4 Å². The van der Waals surface area contributed by atoms with Gasteiger partial charge in [0.25, 0.3) is 0 Å². The van der Waals surface area contributed by atoms with Crippen LogP contribution in [0.2, 0.25) is 0 Å². The van der Waals surface area contributed by atoms with Gasteiger partial charge in [-0.15, -0.1) is 10.2 Å². The van der Waals surface area contributed by atoms with E-state index in [0.29, 0.717) is 0 Å². The van der Waals surface area contributed by atoms with Crippen LogP contribution < -0.4 is 4.90 Å².